The summed E-state index contributed by atoms with van der Waals surface area (Å²) in [6.45, 7) is 4.68. The maximum atomic E-state index is 14.3. The second-order valence-electron chi connectivity index (χ2n) is 10.3. The number of rotatable bonds is 10. The zero-order valence-electron chi connectivity index (χ0n) is 23.3. The van der Waals surface area contributed by atoms with E-state index in [-0.39, 0.29) is 41.4 Å². The van der Waals surface area contributed by atoms with Crippen molar-refractivity contribution >= 4 is 16.9 Å². The Hall–Kier alpha value is -4.37. The molecule has 0 bridgehead atoms. The van der Waals surface area contributed by atoms with Crippen molar-refractivity contribution in [1.82, 2.24) is 4.90 Å². The molecule has 41 heavy (non-hydrogen) atoms. The van der Waals surface area contributed by atoms with E-state index < -0.39 is 11.9 Å². The molecule has 0 saturated heterocycles. The molecule has 5 rings (SSSR count). The molecule has 0 spiro atoms. The lowest BCUT2D eigenvalue weighted by molar-refractivity contribution is 0.0587. The largest absolute Gasteiger partial charge is 0.497 e. The molecule has 0 saturated carbocycles. The van der Waals surface area contributed by atoms with Gasteiger partial charge in [-0.1, -0.05) is 26.0 Å². The smallest absolute Gasteiger partial charge is 0.254 e. The maximum Gasteiger partial charge on any atom is 0.254 e. The molecule has 214 valence electrons. The first kappa shape index (κ1) is 28.2. The first-order chi connectivity index (χ1) is 19.8. The third kappa shape index (κ3) is 5.76. The predicted octanol–water partition coefficient (Wildman–Crippen LogP) is 5.45. The van der Waals surface area contributed by atoms with Crippen molar-refractivity contribution < 1.29 is 27.8 Å². The van der Waals surface area contributed by atoms with E-state index in [4.69, 9.17) is 24.4 Å². The van der Waals surface area contributed by atoms with E-state index in [9.17, 15) is 14.0 Å². The van der Waals surface area contributed by atoms with Crippen molar-refractivity contribution in [1.29, 1.82) is 0 Å². The van der Waals surface area contributed by atoms with E-state index >= 15 is 0 Å². The summed E-state index contributed by atoms with van der Waals surface area (Å²) in [4.78, 5) is 29.8. The number of benzene rings is 3. The van der Waals surface area contributed by atoms with Crippen LogP contribution < -0.4 is 25.4 Å². The Bertz CT molecular complexity index is 1630. The fraction of sp³-hybridized carbons (Fsp3) is 0.312. The number of nitrogens with two attached hydrogens (primary N) is 1. The van der Waals surface area contributed by atoms with Gasteiger partial charge in [-0.3, -0.25) is 9.59 Å². The van der Waals surface area contributed by atoms with Gasteiger partial charge < -0.3 is 29.3 Å². The van der Waals surface area contributed by atoms with Crippen LogP contribution in [-0.2, 0) is 6.42 Å². The van der Waals surface area contributed by atoms with Crippen LogP contribution in [0, 0.1) is 11.7 Å². The number of fused-ring (bicyclic) bond motifs is 2. The van der Waals surface area contributed by atoms with E-state index in [1.165, 1.54) is 18.2 Å². The number of halogens is 1. The maximum absolute atomic E-state index is 14.3. The zero-order chi connectivity index (χ0) is 29.1. The van der Waals surface area contributed by atoms with Crippen LogP contribution in [0.3, 0.4) is 0 Å². The summed E-state index contributed by atoms with van der Waals surface area (Å²) >= 11 is 0. The van der Waals surface area contributed by atoms with Crippen molar-refractivity contribution in [2.24, 2.45) is 11.7 Å². The van der Waals surface area contributed by atoms with Crippen molar-refractivity contribution in [2.75, 3.05) is 27.0 Å². The molecule has 0 fully saturated rings. The Kier molecular flexibility index (Phi) is 8.26. The third-order valence-corrected chi connectivity index (χ3v) is 7.21. The van der Waals surface area contributed by atoms with Crippen molar-refractivity contribution in [3.63, 3.8) is 0 Å². The van der Waals surface area contributed by atoms with Crippen LogP contribution in [0.5, 0.6) is 17.2 Å². The number of carbonyl (C=O) groups excluding carboxylic acids is 1. The summed E-state index contributed by atoms with van der Waals surface area (Å²) in [6, 6.07) is 15.7. The standard InChI is InChI=1S/C32H33FN2O6/c1-19(2)29(35(13-5-12-34)32(37)21-8-11-26-28(16-21)40-18-39-26)31-25(15-20-6-4-7-23(14-20)38-3)30(36)24-10-9-22(33)17-27(24)41-31/h4,6-11,14,16-17,19,29H,5,12-13,15,18,34H2,1-3H3. The minimum atomic E-state index is -0.652. The number of ether oxygens (including phenoxy) is 3. The second-order valence-corrected chi connectivity index (χ2v) is 10.3. The van der Waals surface area contributed by atoms with E-state index in [1.807, 2.05) is 38.1 Å². The average Bonchev–Trinajstić information content (AvgIpc) is 3.44. The van der Waals surface area contributed by atoms with Gasteiger partial charge in [0.1, 0.15) is 22.9 Å². The molecule has 1 aromatic heterocycles. The summed E-state index contributed by atoms with van der Waals surface area (Å²) in [5.41, 5.74) is 7.36. The minimum Gasteiger partial charge on any atom is -0.497 e. The lowest BCUT2D eigenvalue weighted by Crippen LogP contribution is -2.40. The number of methoxy groups -OCH3 is 1. The highest BCUT2D eigenvalue weighted by molar-refractivity contribution is 5.95. The lowest BCUT2D eigenvalue weighted by atomic mass is 9.91. The van der Waals surface area contributed by atoms with E-state index in [2.05, 4.69) is 0 Å². The lowest BCUT2D eigenvalue weighted by Gasteiger charge is -2.35. The van der Waals surface area contributed by atoms with E-state index in [0.717, 1.165) is 5.56 Å². The molecule has 1 unspecified atom stereocenters. The highest BCUT2D eigenvalue weighted by Crippen LogP contribution is 2.37. The summed E-state index contributed by atoms with van der Waals surface area (Å²) < 4.78 is 37.0. The fourth-order valence-corrected chi connectivity index (χ4v) is 5.24. The number of nitrogens with zero attached hydrogens (tertiary/aromatic N) is 1. The van der Waals surface area contributed by atoms with E-state index in [0.29, 0.717) is 53.6 Å². The first-order valence-electron chi connectivity index (χ1n) is 13.6. The Morgan fingerprint density at radius 3 is 2.63 bits per heavy atom. The summed E-state index contributed by atoms with van der Waals surface area (Å²) in [6.07, 6.45) is 0.755. The minimum absolute atomic E-state index is 0.0882. The van der Waals surface area contributed by atoms with Crippen LogP contribution in [0.4, 0.5) is 4.39 Å². The van der Waals surface area contributed by atoms with Crippen LogP contribution in [-0.4, -0.2) is 37.8 Å². The van der Waals surface area contributed by atoms with Gasteiger partial charge in [0.2, 0.25) is 6.79 Å². The van der Waals surface area contributed by atoms with Crippen molar-refractivity contribution in [2.45, 2.75) is 32.7 Å². The third-order valence-electron chi connectivity index (χ3n) is 7.21. The molecular formula is C32H33FN2O6. The SMILES string of the molecule is COc1cccc(Cc2c(C(C(C)C)N(CCCN)C(=O)c3ccc4c(c3)OCO4)oc3cc(F)ccc3c2=O)c1. The molecule has 3 aromatic carbocycles. The van der Waals surface area contributed by atoms with Gasteiger partial charge in [-0.05, 0) is 66.9 Å². The van der Waals surface area contributed by atoms with Gasteiger partial charge in [0.25, 0.3) is 5.91 Å². The molecule has 4 aromatic rings. The molecule has 0 radical (unpaired) electrons. The molecule has 0 aliphatic carbocycles. The Morgan fingerprint density at radius 1 is 1.07 bits per heavy atom. The molecule has 9 heteroatoms. The van der Waals surface area contributed by atoms with Gasteiger partial charge in [0.05, 0.1) is 18.5 Å². The Balaban J connectivity index is 1.68. The number of amides is 1. The summed E-state index contributed by atoms with van der Waals surface area (Å²) in [7, 11) is 1.58. The van der Waals surface area contributed by atoms with Crippen LogP contribution in [0.1, 0.15) is 53.6 Å². The van der Waals surface area contributed by atoms with Gasteiger partial charge in [-0.25, -0.2) is 4.39 Å². The van der Waals surface area contributed by atoms with Gasteiger partial charge in [0, 0.05) is 30.2 Å². The summed E-state index contributed by atoms with van der Waals surface area (Å²) in [5.74, 6) is 1.05. The first-order valence-corrected chi connectivity index (χ1v) is 13.6. The predicted molar refractivity (Wildman–Crippen MR) is 153 cm³/mol. The molecule has 2 N–H and O–H groups in total. The molecule has 8 nitrogen and oxygen atoms in total. The van der Waals surface area contributed by atoms with Crippen LogP contribution in [0.2, 0.25) is 0 Å². The highest BCUT2D eigenvalue weighted by atomic mass is 19.1. The quantitative estimate of drug-likeness (QED) is 0.275. The van der Waals surface area contributed by atoms with Gasteiger partial charge >= 0.3 is 0 Å². The van der Waals surface area contributed by atoms with Crippen LogP contribution in [0.25, 0.3) is 11.0 Å². The second kappa shape index (κ2) is 12.0. The topological polar surface area (TPSA) is 104 Å². The zero-order valence-corrected chi connectivity index (χ0v) is 23.3. The molecule has 1 aliphatic heterocycles. The van der Waals surface area contributed by atoms with Gasteiger partial charge in [-0.2, -0.15) is 0 Å². The van der Waals surface area contributed by atoms with E-state index in [1.54, 1.807) is 30.2 Å². The molecule has 2 heterocycles. The van der Waals surface area contributed by atoms with Gasteiger partial charge in [0.15, 0.2) is 16.9 Å². The fourth-order valence-electron chi connectivity index (χ4n) is 5.24. The van der Waals surface area contributed by atoms with Crippen molar-refractivity contribution in [3.8, 4) is 17.2 Å². The monoisotopic (exact) mass is 560 g/mol. The Morgan fingerprint density at radius 2 is 1.88 bits per heavy atom. The normalized spacial score (nSPS) is 13.0. The molecule has 1 amide bonds. The Labute approximate surface area is 237 Å². The molecule has 1 aliphatic rings. The molecule has 1 atom stereocenters. The highest BCUT2D eigenvalue weighted by Gasteiger charge is 2.34. The van der Waals surface area contributed by atoms with Crippen LogP contribution in [0.15, 0.2) is 69.9 Å². The molecular weight excluding hydrogens is 527 g/mol. The number of hydrogen-bond donors (Lipinski definition) is 1. The van der Waals surface area contributed by atoms with Gasteiger partial charge in [-0.15, -0.1) is 0 Å². The van der Waals surface area contributed by atoms with Crippen LogP contribution >= 0.6 is 0 Å². The number of carbonyl (C=O) groups is 1. The summed E-state index contributed by atoms with van der Waals surface area (Å²) in [5, 5.41) is 0.270. The average molecular weight is 561 g/mol. The number of hydrogen-bond acceptors (Lipinski definition) is 7. The van der Waals surface area contributed by atoms with Crippen molar-refractivity contribution in [3.05, 3.63) is 99.2 Å².